The predicted octanol–water partition coefficient (Wildman–Crippen LogP) is 5.81. The average Bonchev–Trinajstić information content (AvgIpc) is 3.24. The molecule has 4 aromatic rings. The summed E-state index contributed by atoms with van der Waals surface area (Å²) in [5.41, 5.74) is 1.04. The smallest absolute Gasteiger partial charge is 0.210 e. The molecule has 2 aromatic heterocycles. The average molecular weight is 485 g/mol. The number of halogens is 3. The molecule has 1 radical (unpaired) electrons. The van der Waals surface area contributed by atoms with Crippen LogP contribution in [-0.4, -0.2) is 23.2 Å². The van der Waals surface area contributed by atoms with E-state index in [9.17, 15) is 17.2 Å². The van der Waals surface area contributed by atoms with Crippen molar-refractivity contribution < 1.29 is 21.6 Å². The minimum Gasteiger partial charge on any atom is -0.272 e. The van der Waals surface area contributed by atoms with Gasteiger partial charge in [0.25, 0.3) is 0 Å². The Morgan fingerprint density at radius 2 is 1.79 bits per heavy atom. The zero-order valence-electron chi connectivity index (χ0n) is 18.7. The van der Waals surface area contributed by atoms with Gasteiger partial charge in [-0.15, -0.1) is 0 Å². The van der Waals surface area contributed by atoms with Gasteiger partial charge in [-0.05, 0) is 60.4 Å². The first kappa shape index (κ1) is 23.7. The molecule has 9 heteroatoms. The van der Waals surface area contributed by atoms with E-state index in [-0.39, 0.29) is 16.8 Å². The Bertz CT molecular complexity index is 1470. The summed E-state index contributed by atoms with van der Waals surface area (Å²) in [7, 11) is -4.70. The summed E-state index contributed by atoms with van der Waals surface area (Å²) in [5.74, 6) is -3.42. The molecule has 2 aromatic carbocycles. The number of benzene rings is 2. The zero-order chi connectivity index (χ0) is 24.6. The fourth-order valence-electron chi connectivity index (χ4n) is 3.76. The van der Waals surface area contributed by atoms with Gasteiger partial charge >= 0.3 is 0 Å². The summed E-state index contributed by atoms with van der Waals surface area (Å²) in [6, 6.07) is 9.25. The molecule has 0 aliphatic heterocycles. The van der Waals surface area contributed by atoms with E-state index < -0.39 is 43.0 Å². The van der Waals surface area contributed by atoms with Gasteiger partial charge in [-0.25, -0.2) is 21.6 Å². The lowest BCUT2D eigenvalue weighted by Crippen LogP contribution is -2.13. The van der Waals surface area contributed by atoms with Crippen LogP contribution in [0.15, 0.2) is 64.8 Å². The molecule has 2 heterocycles. The summed E-state index contributed by atoms with van der Waals surface area (Å²) in [4.78, 5) is 2.66. The summed E-state index contributed by atoms with van der Waals surface area (Å²) in [6.45, 7) is 5.72. The number of pyridine rings is 1. The number of nitrogens with zero attached hydrogens (tertiary/aromatic N) is 3. The van der Waals surface area contributed by atoms with Gasteiger partial charge in [0, 0.05) is 36.8 Å². The molecule has 0 N–H and O–H groups in total. The van der Waals surface area contributed by atoms with Gasteiger partial charge < -0.3 is 0 Å². The topological polar surface area (TPSA) is 64.8 Å². The van der Waals surface area contributed by atoms with E-state index in [1.165, 1.54) is 6.07 Å². The number of rotatable bonds is 6. The molecule has 0 spiro atoms. The van der Waals surface area contributed by atoms with Crippen LogP contribution in [0, 0.1) is 23.5 Å². The van der Waals surface area contributed by atoms with E-state index >= 15 is 4.39 Å². The molecule has 5 nitrogen and oxygen atoms in total. The minimum atomic E-state index is -4.70. The molecule has 4 rings (SSSR count). The molecular formula is C25H21F3N3O2S. The van der Waals surface area contributed by atoms with Crippen LogP contribution in [0.5, 0.6) is 0 Å². The number of hydrogen-bond donors (Lipinski definition) is 0. The van der Waals surface area contributed by atoms with E-state index in [4.69, 9.17) is 0 Å². The second kappa shape index (κ2) is 9.06. The van der Waals surface area contributed by atoms with Crippen LogP contribution in [0.2, 0.25) is 0 Å². The summed E-state index contributed by atoms with van der Waals surface area (Å²) in [5, 5.41) is 4.45. The molecule has 0 atom stereocenters. The van der Waals surface area contributed by atoms with Crippen molar-refractivity contribution >= 4 is 9.84 Å². The molecule has 0 aliphatic carbocycles. The van der Waals surface area contributed by atoms with E-state index in [1.807, 2.05) is 6.92 Å². The zero-order valence-corrected chi connectivity index (χ0v) is 19.5. The van der Waals surface area contributed by atoms with Crippen molar-refractivity contribution in [2.45, 2.75) is 43.0 Å². The van der Waals surface area contributed by atoms with Crippen molar-refractivity contribution in [2.24, 2.45) is 0 Å². The third kappa shape index (κ3) is 4.11. The van der Waals surface area contributed by atoms with E-state index in [0.29, 0.717) is 23.7 Å². The van der Waals surface area contributed by atoms with Crippen molar-refractivity contribution in [2.75, 3.05) is 0 Å². The molecule has 0 saturated heterocycles. The normalized spacial score (nSPS) is 11.9. The lowest BCUT2D eigenvalue weighted by atomic mass is 9.96. The molecule has 0 unspecified atom stereocenters. The maximum Gasteiger partial charge on any atom is 0.210 e. The van der Waals surface area contributed by atoms with Crippen molar-refractivity contribution in [3.05, 3.63) is 84.1 Å². The van der Waals surface area contributed by atoms with Crippen LogP contribution >= 0.6 is 0 Å². The van der Waals surface area contributed by atoms with Gasteiger partial charge in [0.2, 0.25) is 9.84 Å². The summed E-state index contributed by atoms with van der Waals surface area (Å²) < 4.78 is 73.2. The van der Waals surface area contributed by atoms with Gasteiger partial charge in [0.1, 0.15) is 28.0 Å². The maximum atomic E-state index is 15.5. The molecule has 0 saturated carbocycles. The second-order valence-electron chi connectivity index (χ2n) is 7.98. The molecule has 175 valence electrons. The highest BCUT2D eigenvalue weighted by molar-refractivity contribution is 7.91. The Hall–Kier alpha value is -3.46. The Kier molecular flexibility index (Phi) is 6.31. The first-order valence-corrected chi connectivity index (χ1v) is 12.1. The number of aryl methyl sites for hydroxylation is 1. The lowest BCUT2D eigenvalue weighted by Gasteiger charge is -2.18. The van der Waals surface area contributed by atoms with Crippen molar-refractivity contribution in [3.63, 3.8) is 0 Å². The highest BCUT2D eigenvalue weighted by Gasteiger charge is 2.33. The Balaban J connectivity index is 2.13. The fourth-order valence-corrected chi connectivity index (χ4v) is 5.63. The quantitative estimate of drug-likeness (QED) is 0.347. The van der Waals surface area contributed by atoms with Gasteiger partial charge in [-0.1, -0.05) is 13.8 Å². The van der Waals surface area contributed by atoms with E-state index in [2.05, 4.69) is 16.1 Å². The maximum absolute atomic E-state index is 15.5. The minimum absolute atomic E-state index is 0.0553. The van der Waals surface area contributed by atoms with Crippen LogP contribution in [-0.2, 0) is 16.4 Å². The standard InChI is InChI=1S/C25H21F3N3O2S/c1-4-31-14-19(16-9-11-29-12-10-16)24(30-31)23-21(28)8-6-18(15(2)3)25(23)34(32,33)22-13-17(26)5-7-20(22)27/h5-7,9-15H,4H2,1-3H3. The second-order valence-corrected chi connectivity index (χ2v) is 9.83. The summed E-state index contributed by atoms with van der Waals surface area (Å²) in [6.07, 6.45) is 4.77. The number of hydrogen-bond acceptors (Lipinski definition) is 4. The largest absolute Gasteiger partial charge is 0.272 e. The highest BCUT2D eigenvalue weighted by Crippen LogP contribution is 2.42. The van der Waals surface area contributed by atoms with Crippen LogP contribution in [0.25, 0.3) is 22.4 Å². The molecule has 0 bridgehead atoms. The van der Waals surface area contributed by atoms with Gasteiger partial charge in [-0.2, -0.15) is 5.10 Å². The molecular weight excluding hydrogens is 463 g/mol. The predicted molar refractivity (Wildman–Crippen MR) is 121 cm³/mol. The van der Waals surface area contributed by atoms with Crippen LogP contribution in [0.4, 0.5) is 13.2 Å². The van der Waals surface area contributed by atoms with Crippen LogP contribution in [0.1, 0.15) is 32.3 Å². The van der Waals surface area contributed by atoms with Gasteiger partial charge in [0.05, 0.1) is 10.5 Å². The Morgan fingerprint density at radius 1 is 1.09 bits per heavy atom. The SMILES string of the molecule is CCn1cc(-c2ccncc2)c(-c2c(F)[c]cc(C(C)C)c2S(=O)(=O)c2cc(F)ccc2F)n1. The molecule has 0 fully saturated rings. The molecule has 34 heavy (non-hydrogen) atoms. The van der Waals surface area contributed by atoms with E-state index in [1.54, 1.807) is 49.3 Å². The lowest BCUT2D eigenvalue weighted by molar-refractivity contribution is 0.551. The Morgan fingerprint density at radius 3 is 2.44 bits per heavy atom. The number of sulfone groups is 1. The van der Waals surface area contributed by atoms with Crippen molar-refractivity contribution in [1.82, 2.24) is 14.8 Å². The fraction of sp³-hybridized carbons (Fsp3) is 0.200. The third-order valence-corrected chi connectivity index (χ3v) is 7.32. The molecule has 0 amide bonds. The first-order chi connectivity index (χ1) is 16.1. The monoisotopic (exact) mass is 484 g/mol. The first-order valence-electron chi connectivity index (χ1n) is 10.6. The van der Waals surface area contributed by atoms with Crippen molar-refractivity contribution in [1.29, 1.82) is 0 Å². The van der Waals surface area contributed by atoms with Crippen LogP contribution in [0.3, 0.4) is 0 Å². The van der Waals surface area contributed by atoms with E-state index in [0.717, 1.165) is 12.1 Å². The summed E-state index contributed by atoms with van der Waals surface area (Å²) >= 11 is 0. The number of aromatic nitrogens is 3. The van der Waals surface area contributed by atoms with Crippen molar-refractivity contribution in [3.8, 4) is 22.4 Å². The van der Waals surface area contributed by atoms with Gasteiger partial charge in [-0.3, -0.25) is 9.67 Å². The third-order valence-electron chi connectivity index (χ3n) is 5.45. The highest BCUT2D eigenvalue weighted by atomic mass is 32.2. The Labute approximate surface area is 195 Å². The van der Waals surface area contributed by atoms with Crippen LogP contribution < -0.4 is 0 Å². The molecule has 0 aliphatic rings. The van der Waals surface area contributed by atoms with Gasteiger partial charge in [0.15, 0.2) is 0 Å².